The third-order valence-electron chi connectivity index (χ3n) is 4.43. The Labute approximate surface area is 134 Å². The Kier molecular flexibility index (Phi) is 6.69. The zero-order valence-corrected chi connectivity index (χ0v) is 14.6. The number of carboxylic acids is 1. The van der Waals surface area contributed by atoms with Gasteiger partial charge in [0.2, 0.25) is 0 Å². The predicted octanol–water partition coefficient (Wildman–Crippen LogP) is 3.91. The quantitative estimate of drug-likeness (QED) is 0.835. The van der Waals surface area contributed by atoms with Gasteiger partial charge in [0.15, 0.2) is 0 Å². The van der Waals surface area contributed by atoms with Gasteiger partial charge in [0, 0.05) is 6.54 Å². The van der Waals surface area contributed by atoms with Crippen molar-refractivity contribution in [3.05, 3.63) is 0 Å². The second kappa shape index (κ2) is 7.84. The summed E-state index contributed by atoms with van der Waals surface area (Å²) in [4.78, 5) is 25.5. The van der Waals surface area contributed by atoms with E-state index in [9.17, 15) is 14.7 Å². The van der Waals surface area contributed by atoms with Crippen molar-refractivity contribution in [2.45, 2.75) is 78.4 Å². The van der Waals surface area contributed by atoms with Crippen LogP contribution in [-0.4, -0.2) is 40.3 Å². The summed E-state index contributed by atoms with van der Waals surface area (Å²) in [7, 11) is 0. The van der Waals surface area contributed by atoms with Crippen molar-refractivity contribution in [3.63, 3.8) is 0 Å². The molecule has 1 rings (SSSR count). The maximum absolute atomic E-state index is 12.3. The van der Waals surface area contributed by atoms with Gasteiger partial charge in [-0.25, -0.2) is 9.59 Å². The van der Waals surface area contributed by atoms with Crippen LogP contribution in [0.1, 0.15) is 66.7 Å². The molecule has 22 heavy (non-hydrogen) atoms. The first kappa shape index (κ1) is 18.8. The first-order chi connectivity index (χ1) is 10.2. The minimum atomic E-state index is -0.915. The van der Waals surface area contributed by atoms with Crippen molar-refractivity contribution in [1.29, 1.82) is 0 Å². The molecule has 0 saturated carbocycles. The molecule has 1 amide bonds. The first-order valence-electron chi connectivity index (χ1n) is 8.42. The van der Waals surface area contributed by atoms with Crippen molar-refractivity contribution in [1.82, 2.24) is 4.90 Å². The molecule has 1 saturated heterocycles. The highest BCUT2D eigenvalue weighted by molar-refractivity contribution is 5.80. The third-order valence-corrected chi connectivity index (χ3v) is 4.43. The molecule has 1 N–H and O–H groups in total. The van der Waals surface area contributed by atoms with Crippen molar-refractivity contribution in [2.75, 3.05) is 6.54 Å². The summed E-state index contributed by atoms with van der Waals surface area (Å²) in [5.41, 5.74) is -0.609. The van der Waals surface area contributed by atoms with Gasteiger partial charge in [0.25, 0.3) is 0 Å². The highest BCUT2D eigenvalue weighted by atomic mass is 16.6. The molecule has 1 aliphatic rings. The summed E-state index contributed by atoms with van der Waals surface area (Å²) in [5, 5.41) is 9.64. The summed E-state index contributed by atoms with van der Waals surface area (Å²) < 4.78 is 5.39. The van der Waals surface area contributed by atoms with Crippen LogP contribution >= 0.6 is 0 Å². The Balaban J connectivity index is 2.88. The third kappa shape index (κ3) is 5.18. The maximum atomic E-state index is 12.3. The van der Waals surface area contributed by atoms with E-state index < -0.39 is 23.7 Å². The van der Waals surface area contributed by atoms with Crippen molar-refractivity contribution < 1.29 is 19.4 Å². The Morgan fingerprint density at radius 2 is 1.86 bits per heavy atom. The molecule has 0 aliphatic carbocycles. The summed E-state index contributed by atoms with van der Waals surface area (Å²) in [6, 6.07) is -0.760. The second-order valence-corrected chi connectivity index (χ2v) is 7.28. The largest absolute Gasteiger partial charge is 0.480 e. The predicted molar refractivity (Wildman–Crippen MR) is 85.8 cm³/mol. The lowest BCUT2D eigenvalue weighted by Crippen LogP contribution is -2.54. The number of rotatable bonds is 5. The second-order valence-electron chi connectivity index (χ2n) is 7.28. The SMILES string of the molecule is CCC(CC)C[C@@H]1CCCN(C(=O)OC(C)(C)C)[C@H]1C(=O)O. The van der Waals surface area contributed by atoms with E-state index in [-0.39, 0.29) is 5.92 Å². The van der Waals surface area contributed by atoms with Crippen LogP contribution in [0.4, 0.5) is 4.79 Å². The molecule has 1 heterocycles. The fourth-order valence-corrected chi connectivity index (χ4v) is 3.23. The van der Waals surface area contributed by atoms with E-state index in [1.165, 1.54) is 4.90 Å². The van der Waals surface area contributed by atoms with E-state index in [1.807, 2.05) is 0 Å². The first-order valence-corrected chi connectivity index (χ1v) is 8.42. The highest BCUT2D eigenvalue weighted by Gasteiger charge is 2.41. The van der Waals surface area contributed by atoms with Gasteiger partial charge in [-0.15, -0.1) is 0 Å². The fraction of sp³-hybridized carbons (Fsp3) is 0.882. The van der Waals surface area contributed by atoms with Crippen LogP contribution in [0.25, 0.3) is 0 Å². The average molecular weight is 313 g/mol. The molecule has 0 unspecified atom stereocenters. The number of piperidine rings is 1. The number of carbonyl (C=O) groups is 2. The van der Waals surface area contributed by atoms with Crippen LogP contribution in [0.5, 0.6) is 0 Å². The zero-order valence-electron chi connectivity index (χ0n) is 14.6. The average Bonchev–Trinajstić information content (AvgIpc) is 2.42. The van der Waals surface area contributed by atoms with E-state index in [0.29, 0.717) is 12.5 Å². The van der Waals surface area contributed by atoms with Gasteiger partial charge in [-0.05, 0) is 51.9 Å². The fourth-order valence-electron chi connectivity index (χ4n) is 3.23. The standard InChI is InChI=1S/C17H31NO4/c1-6-12(7-2)11-13-9-8-10-18(14(13)15(19)20)16(21)22-17(3,4)5/h12-14H,6-11H2,1-5H3,(H,19,20)/t13-,14+/m0/s1. The van der Waals surface area contributed by atoms with E-state index in [4.69, 9.17) is 4.74 Å². The topological polar surface area (TPSA) is 66.8 Å². The highest BCUT2D eigenvalue weighted by Crippen LogP contribution is 2.32. The van der Waals surface area contributed by atoms with Gasteiger partial charge in [-0.1, -0.05) is 26.7 Å². The monoisotopic (exact) mass is 313 g/mol. The van der Waals surface area contributed by atoms with Gasteiger partial charge < -0.3 is 9.84 Å². The van der Waals surface area contributed by atoms with Crippen molar-refractivity contribution >= 4 is 12.1 Å². The van der Waals surface area contributed by atoms with Gasteiger partial charge in [-0.2, -0.15) is 0 Å². The molecule has 0 aromatic carbocycles. The van der Waals surface area contributed by atoms with E-state index >= 15 is 0 Å². The van der Waals surface area contributed by atoms with Crippen LogP contribution in [0.3, 0.4) is 0 Å². The molecule has 5 heteroatoms. The van der Waals surface area contributed by atoms with Crippen molar-refractivity contribution in [3.8, 4) is 0 Å². The van der Waals surface area contributed by atoms with E-state index in [1.54, 1.807) is 20.8 Å². The number of hydrogen-bond acceptors (Lipinski definition) is 3. The molecule has 0 aromatic rings. The van der Waals surface area contributed by atoms with Crippen LogP contribution in [0, 0.1) is 11.8 Å². The van der Waals surface area contributed by atoms with Crippen LogP contribution in [-0.2, 0) is 9.53 Å². The number of carboxylic acid groups (broad SMARTS) is 1. The number of amides is 1. The van der Waals surface area contributed by atoms with Gasteiger partial charge >= 0.3 is 12.1 Å². The van der Waals surface area contributed by atoms with Gasteiger partial charge in [0.05, 0.1) is 0 Å². The van der Waals surface area contributed by atoms with Crippen LogP contribution in [0.2, 0.25) is 0 Å². The Morgan fingerprint density at radius 1 is 1.27 bits per heavy atom. The smallest absolute Gasteiger partial charge is 0.411 e. The lowest BCUT2D eigenvalue weighted by Gasteiger charge is -2.40. The number of ether oxygens (including phenoxy) is 1. The molecule has 0 spiro atoms. The Hall–Kier alpha value is -1.26. The molecule has 1 fully saturated rings. The van der Waals surface area contributed by atoms with E-state index in [0.717, 1.165) is 32.1 Å². The molecule has 0 aromatic heterocycles. The number of carbonyl (C=O) groups excluding carboxylic acids is 1. The van der Waals surface area contributed by atoms with Gasteiger partial charge in [-0.3, -0.25) is 4.90 Å². The Morgan fingerprint density at radius 3 is 2.32 bits per heavy atom. The molecule has 0 bridgehead atoms. The van der Waals surface area contributed by atoms with Crippen molar-refractivity contribution in [2.24, 2.45) is 11.8 Å². The molecule has 1 aliphatic heterocycles. The van der Waals surface area contributed by atoms with Gasteiger partial charge in [0.1, 0.15) is 11.6 Å². The molecule has 2 atom stereocenters. The minimum absolute atomic E-state index is 0.0173. The van der Waals surface area contributed by atoms with Crippen LogP contribution < -0.4 is 0 Å². The Bertz CT molecular complexity index is 385. The maximum Gasteiger partial charge on any atom is 0.411 e. The minimum Gasteiger partial charge on any atom is -0.480 e. The lowest BCUT2D eigenvalue weighted by atomic mass is 9.80. The lowest BCUT2D eigenvalue weighted by molar-refractivity contribution is -0.147. The number of nitrogens with zero attached hydrogens (tertiary/aromatic N) is 1. The van der Waals surface area contributed by atoms with Crippen LogP contribution in [0.15, 0.2) is 0 Å². The summed E-state index contributed by atoms with van der Waals surface area (Å²) in [5.74, 6) is -0.379. The molecule has 0 radical (unpaired) electrons. The number of hydrogen-bond donors (Lipinski definition) is 1. The molecular formula is C17H31NO4. The van der Waals surface area contributed by atoms with E-state index in [2.05, 4.69) is 13.8 Å². The summed E-state index contributed by atoms with van der Waals surface area (Å²) in [6.45, 7) is 10.1. The molecule has 5 nitrogen and oxygen atoms in total. The molecular weight excluding hydrogens is 282 g/mol. The zero-order chi connectivity index (χ0) is 16.9. The normalized spacial score (nSPS) is 22.7. The molecule has 128 valence electrons. The number of likely N-dealkylation sites (tertiary alicyclic amines) is 1. The summed E-state index contributed by atoms with van der Waals surface area (Å²) >= 11 is 0. The summed E-state index contributed by atoms with van der Waals surface area (Å²) in [6.07, 6.45) is 4.16. The number of aliphatic carboxylic acids is 1.